The van der Waals surface area contributed by atoms with Crippen molar-refractivity contribution in [3.05, 3.63) is 59.4 Å². The van der Waals surface area contributed by atoms with Crippen LogP contribution in [0.5, 0.6) is 11.5 Å². The van der Waals surface area contributed by atoms with Crippen LogP contribution in [0, 0.1) is 5.82 Å². The molecule has 0 radical (unpaired) electrons. The van der Waals surface area contributed by atoms with Crippen molar-refractivity contribution in [2.24, 2.45) is 0 Å². The molecule has 0 bridgehead atoms. The highest BCUT2D eigenvalue weighted by Crippen LogP contribution is 2.31. The first-order valence-corrected chi connectivity index (χ1v) is 6.93. The molecule has 0 spiro atoms. The molecule has 0 aliphatic carbocycles. The molecule has 0 aromatic heterocycles. The molecule has 4 heteroatoms. The Labute approximate surface area is 124 Å². The van der Waals surface area contributed by atoms with Gasteiger partial charge >= 0.3 is 0 Å². The Bertz CT molecular complexity index is 584. The minimum atomic E-state index is -0.281. The van der Waals surface area contributed by atoms with Gasteiger partial charge < -0.3 is 14.8 Å². The summed E-state index contributed by atoms with van der Waals surface area (Å²) in [5.41, 5.74) is 1.79. The molecule has 2 aromatic rings. The van der Waals surface area contributed by atoms with Crippen molar-refractivity contribution in [2.75, 3.05) is 20.8 Å². The first kappa shape index (κ1) is 15.3. The SMILES string of the molecule is CCOc1ccc(C(NC)c2cc(F)ccc2OC)cc1. The zero-order chi connectivity index (χ0) is 15.2. The second-order valence-corrected chi connectivity index (χ2v) is 4.61. The smallest absolute Gasteiger partial charge is 0.124 e. The van der Waals surface area contributed by atoms with Gasteiger partial charge in [-0.05, 0) is 49.9 Å². The molecule has 0 amide bonds. The number of nitrogens with one attached hydrogen (secondary N) is 1. The fraction of sp³-hybridized carbons (Fsp3) is 0.294. The van der Waals surface area contributed by atoms with Crippen molar-refractivity contribution < 1.29 is 13.9 Å². The summed E-state index contributed by atoms with van der Waals surface area (Å²) in [6.45, 7) is 2.58. The lowest BCUT2D eigenvalue weighted by Gasteiger charge is -2.20. The summed E-state index contributed by atoms with van der Waals surface area (Å²) in [6, 6.07) is 12.1. The number of halogens is 1. The lowest BCUT2D eigenvalue weighted by Crippen LogP contribution is -2.18. The molecule has 2 rings (SSSR count). The van der Waals surface area contributed by atoms with Gasteiger partial charge in [0.15, 0.2) is 0 Å². The Morgan fingerprint density at radius 2 is 1.86 bits per heavy atom. The van der Waals surface area contributed by atoms with E-state index in [1.807, 2.05) is 38.2 Å². The standard InChI is InChI=1S/C17H20FNO2/c1-4-21-14-8-5-12(6-9-14)17(19-2)15-11-13(18)7-10-16(15)20-3/h5-11,17,19H,4H2,1-3H3. The molecule has 21 heavy (non-hydrogen) atoms. The van der Waals surface area contributed by atoms with Gasteiger partial charge in [0.2, 0.25) is 0 Å². The Morgan fingerprint density at radius 1 is 1.14 bits per heavy atom. The summed E-state index contributed by atoms with van der Waals surface area (Å²) in [6.07, 6.45) is 0. The highest BCUT2D eigenvalue weighted by atomic mass is 19.1. The number of hydrogen-bond acceptors (Lipinski definition) is 3. The molecule has 0 aliphatic rings. The first-order valence-electron chi connectivity index (χ1n) is 6.93. The van der Waals surface area contributed by atoms with E-state index >= 15 is 0 Å². The average molecular weight is 289 g/mol. The van der Waals surface area contributed by atoms with Gasteiger partial charge in [-0.15, -0.1) is 0 Å². The van der Waals surface area contributed by atoms with Crippen LogP contribution in [0.4, 0.5) is 4.39 Å². The zero-order valence-electron chi connectivity index (χ0n) is 12.5. The molecular formula is C17H20FNO2. The van der Waals surface area contributed by atoms with E-state index in [2.05, 4.69) is 5.32 Å². The maximum absolute atomic E-state index is 13.6. The summed E-state index contributed by atoms with van der Waals surface area (Å²) in [4.78, 5) is 0. The van der Waals surface area contributed by atoms with Gasteiger partial charge in [0.1, 0.15) is 17.3 Å². The van der Waals surface area contributed by atoms with E-state index < -0.39 is 0 Å². The van der Waals surface area contributed by atoms with E-state index in [0.29, 0.717) is 12.4 Å². The minimum absolute atomic E-state index is 0.147. The largest absolute Gasteiger partial charge is 0.496 e. The van der Waals surface area contributed by atoms with E-state index in [0.717, 1.165) is 16.9 Å². The third-order valence-electron chi connectivity index (χ3n) is 3.32. The number of rotatable bonds is 6. The van der Waals surface area contributed by atoms with Gasteiger partial charge in [0.05, 0.1) is 19.8 Å². The Kier molecular flexibility index (Phi) is 5.17. The maximum atomic E-state index is 13.6. The van der Waals surface area contributed by atoms with E-state index in [1.54, 1.807) is 13.2 Å². The van der Waals surface area contributed by atoms with Crippen LogP contribution in [-0.2, 0) is 0 Å². The molecule has 112 valence electrons. The number of benzene rings is 2. The third kappa shape index (κ3) is 3.52. The highest BCUT2D eigenvalue weighted by Gasteiger charge is 2.17. The average Bonchev–Trinajstić information content (AvgIpc) is 2.50. The van der Waals surface area contributed by atoms with E-state index in [1.165, 1.54) is 12.1 Å². The number of hydrogen-bond donors (Lipinski definition) is 1. The van der Waals surface area contributed by atoms with Gasteiger partial charge in [0.25, 0.3) is 0 Å². The van der Waals surface area contributed by atoms with Crippen LogP contribution >= 0.6 is 0 Å². The third-order valence-corrected chi connectivity index (χ3v) is 3.32. The Morgan fingerprint density at radius 3 is 2.43 bits per heavy atom. The number of ether oxygens (including phenoxy) is 2. The molecule has 0 saturated carbocycles. The predicted octanol–water partition coefficient (Wildman–Crippen LogP) is 3.54. The van der Waals surface area contributed by atoms with Crippen molar-refractivity contribution in [1.29, 1.82) is 0 Å². The van der Waals surface area contributed by atoms with Gasteiger partial charge in [-0.2, -0.15) is 0 Å². The second kappa shape index (κ2) is 7.09. The summed E-state index contributed by atoms with van der Waals surface area (Å²) < 4.78 is 24.3. The van der Waals surface area contributed by atoms with E-state index in [-0.39, 0.29) is 11.9 Å². The van der Waals surface area contributed by atoms with Crippen molar-refractivity contribution in [3.63, 3.8) is 0 Å². The van der Waals surface area contributed by atoms with Crippen molar-refractivity contribution in [1.82, 2.24) is 5.32 Å². The normalized spacial score (nSPS) is 12.0. The zero-order valence-corrected chi connectivity index (χ0v) is 12.5. The summed E-state index contributed by atoms with van der Waals surface area (Å²) in [5.74, 6) is 1.20. The van der Waals surface area contributed by atoms with Crippen LogP contribution in [0.3, 0.4) is 0 Å². The molecule has 3 nitrogen and oxygen atoms in total. The van der Waals surface area contributed by atoms with Gasteiger partial charge in [-0.1, -0.05) is 12.1 Å². The van der Waals surface area contributed by atoms with Gasteiger partial charge in [-0.25, -0.2) is 4.39 Å². The molecule has 0 heterocycles. The summed E-state index contributed by atoms with van der Waals surface area (Å²) in [5, 5.41) is 3.20. The van der Waals surface area contributed by atoms with Crippen LogP contribution in [0.2, 0.25) is 0 Å². The fourth-order valence-electron chi connectivity index (χ4n) is 2.36. The predicted molar refractivity (Wildman–Crippen MR) is 81.5 cm³/mol. The van der Waals surface area contributed by atoms with E-state index in [9.17, 15) is 4.39 Å². The summed E-state index contributed by atoms with van der Waals surface area (Å²) in [7, 11) is 3.42. The van der Waals surface area contributed by atoms with Crippen molar-refractivity contribution >= 4 is 0 Å². The van der Waals surface area contributed by atoms with E-state index in [4.69, 9.17) is 9.47 Å². The second-order valence-electron chi connectivity index (χ2n) is 4.61. The Hall–Kier alpha value is -2.07. The maximum Gasteiger partial charge on any atom is 0.124 e. The van der Waals surface area contributed by atoms with Crippen LogP contribution < -0.4 is 14.8 Å². The molecule has 0 aliphatic heterocycles. The molecule has 2 aromatic carbocycles. The van der Waals surface area contributed by atoms with Crippen molar-refractivity contribution in [2.45, 2.75) is 13.0 Å². The fourth-order valence-corrected chi connectivity index (χ4v) is 2.36. The van der Waals surface area contributed by atoms with Gasteiger partial charge in [-0.3, -0.25) is 0 Å². The van der Waals surface area contributed by atoms with Crippen LogP contribution in [0.15, 0.2) is 42.5 Å². The molecule has 1 unspecified atom stereocenters. The molecule has 0 fully saturated rings. The van der Waals surface area contributed by atoms with Crippen LogP contribution in [0.1, 0.15) is 24.1 Å². The van der Waals surface area contributed by atoms with Crippen molar-refractivity contribution in [3.8, 4) is 11.5 Å². The lowest BCUT2D eigenvalue weighted by atomic mass is 9.97. The minimum Gasteiger partial charge on any atom is -0.496 e. The number of methoxy groups -OCH3 is 1. The monoisotopic (exact) mass is 289 g/mol. The Balaban J connectivity index is 2.37. The highest BCUT2D eigenvalue weighted by molar-refractivity contribution is 5.43. The molecule has 1 atom stereocenters. The lowest BCUT2D eigenvalue weighted by molar-refractivity contribution is 0.340. The van der Waals surface area contributed by atoms with Crippen LogP contribution in [0.25, 0.3) is 0 Å². The van der Waals surface area contributed by atoms with Crippen LogP contribution in [-0.4, -0.2) is 20.8 Å². The first-order chi connectivity index (χ1) is 10.2. The van der Waals surface area contributed by atoms with Gasteiger partial charge in [0, 0.05) is 5.56 Å². The molecular weight excluding hydrogens is 269 g/mol. The quantitative estimate of drug-likeness (QED) is 0.882. The molecule has 0 saturated heterocycles. The topological polar surface area (TPSA) is 30.5 Å². The molecule has 1 N–H and O–H groups in total. The summed E-state index contributed by atoms with van der Waals surface area (Å²) >= 11 is 0.